The molecule has 0 saturated carbocycles. The van der Waals surface area contributed by atoms with Gasteiger partial charge < -0.3 is 0 Å². The summed E-state index contributed by atoms with van der Waals surface area (Å²) >= 11 is 13.8. The van der Waals surface area contributed by atoms with Gasteiger partial charge in [-0.05, 0) is 35.9 Å². The fraction of sp³-hybridized carbons (Fsp3) is 0.0500. The number of non-ortho nitro benzene ring substituents is 1. The summed E-state index contributed by atoms with van der Waals surface area (Å²) in [5, 5.41) is 21.1. The molecule has 2 heterocycles. The molecule has 4 aromatic rings. The second kappa shape index (κ2) is 8.83. The molecular formula is C20H13Cl2N5O2S. The second-order valence-electron chi connectivity index (χ2n) is 6.19. The van der Waals surface area contributed by atoms with Crippen LogP contribution in [-0.2, 0) is 5.75 Å². The standard InChI is InChI=1S/C20H13Cl2N5O2S/c21-17-8-7-16(10-18(17)22)26-19(14-2-1-9-23-11-14)24-25-20(26)30-12-13-3-5-15(6-4-13)27(28)29/h1-11H,12H2. The van der Waals surface area contributed by atoms with E-state index in [0.717, 1.165) is 16.8 Å². The number of rotatable bonds is 6. The van der Waals surface area contributed by atoms with Gasteiger partial charge in [0, 0.05) is 35.8 Å². The molecule has 7 nitrogen and oxygen atoms in total. The summed E-state index contributed by atoms with van der Waals surface area (Å²) in [6.07, 6.45) is 3.40. The molecule has 0 aliphatic carbocycles. The van der Waals surface area contributed by atoms with Gasteiger partial charge in [-0.2, -0.15) is 0 Å². The molecule has 10 heteroatoms. The minimum Gasteiger partial charge on any atom is -0.270 e. The maximum atomic E-state index is 10.8. The second-order valence-corrected chi connectivity index (χ2v) is 7.95. The van der Waals surface area contributed by atoms with Crippen LogP contribution in [0, 0.1) is 10.1 Å². The topological polar surface area (TPSA) is 86.7 Å². The van der Waals surface area contributed by atoms with Crippen LogP contribution in [0.4, 0.5) is 5.69 Å². The first-order valence-electron chi connectivity index (χ1n) is 8.70. The summed E-state index contributed by atoms with van der Waals surface area (Å²) in [6.45, 7) is 0. The van der Waals surface area contributed by atoms with Crippen molar-refractivity contribution in [3.05, 3.63) is 92.7 Å². The Morgan fingerprint density at radius 3 is 2.50 bits per heavy atom. The van der Waals surface area contributed by atoms with E-state index in [0.29, 0.717) is 26.8 Å². The minimum atomic E-state index is -0.419. The third-order valence-electron chi connectivity index (χ3n) is 4.23. The summed E-state index contributed by atoms with van der Waals surface area (Å²) in [4.78, 5) is 14.6. The van der Waals surface area contributed by atoms with E-state index in [2.05, 4.69) is 15.2 Å². The number of thioether (sulfide) groups is 1. The molecule has 2 aromatic heterocycles. The Morgan fingerprint density at radius 1 is 1.03 bits per heavy atom. The van der Waals surface area contributed by atoms with Crippen LogP contribution in [0.25, 0.3) is 17.1 Å². The van der Waals surface area contributed by atoms with Crippen molar-refractivity contribution in [1.82, 2.24) is 19.7 Å². The molecule has 0 unspecified atom stereocenters. The molecule has 30 heavy (non-hydrogen) atoms. The Bertz CT molecular complexity index is 1200. The lowest BCUT2D eigenvalue weighted by Crippen LogP contribution is -2.00. The molecule has 0 fully saturated rings. The highest BCUT2D eigenvalue weighted by Crippen LogP contribution is 2.32. The highest BCUT2D eigenvalue weighted by atomic mass is 35.5. The number of nitro benzene ring substituents is 1. The van der Waals surface area contributed by atoms with Crippen molar-refractivity contribution in [3.63, 3.8) is 0 Å². The fourth-order valence-electron chi connectivity index (χ4n) is 2.76. The number of halogens is 2. The van der Waals surface area contributed by atoms with Crippen molar-refractivity contribution in [2.75, 3.05) is 0 Å². The summed E-state index contributed by atoms with van der Waals surface area (Å²) < 4.78 is 1.88. The molecule has 0 aliphatic heterocycles. The maximum Gasteiger partial charge on any atom is 0.269 e. The summed E-state index contributed by atoms with van der Waals surface area (Å²) in [7, 11) is 0. The zero-order valence-electron chi connectivity index (χ0n) is 15.3. The van der Waals surface area contributed by atoms with Crippen molar-refractivity contribution in [1.29, 1.82) is 0 Å². The number of nitro groups is 1. The quantitative estimate of drug-likeness (QED) is 0.205. The molecule has 4 rings (SSSR count). The van der Waals surface area contributed by atoms with Crippen molar-refractivity contribution in [2.45, 2.75) is 10.9 Å². The van der Waals surface area contributed by atoms with E-state index < -0.39 is 4.92 Å². The van der Waals surface area contributed by atoms with Crippen LogP contribution in [-0.4, -0.2) is 24.7 Å². The first-order valence-corrected chi connectivity index (χ1v) is 10.4. The molecule has 0 N–H and O–H groups in total. The third kappa shape index (κ3) is 4.30. The highest BCUT2D eigenvalue weighted by molar-refractivity contribution is 7.98. The third-order valence-corrected chi connectivity index (χ3v) is 5.97. The molecule has 2 aromatic carbocycles. The summed E-state index contributed by atoms with van der Waals surface area (Å²) in [5.41, 5.74) is 2.55. The lowest BCUT2D eigenvalue weighted by atomic mass is 10.2. The lowest BCUT2D eigenvalue weighted by Gasteiger charge is -2.11. The van der Waals surface area contributed by atoms with Gasteiger partial charge >= 0.3 is 0 Å². The Balaban J connectivity index is 1.69. The Morgan fingerprint density at radius 2 is 1.83 bits per heavy atom. The van der Waals surface area contributed by atoms with Crippen molar-refractivity contribution in [3.8, 4) is 17.1 Å². The van der Waals surface area contributed by atoms with Crippen LogP contribution in [0.5, 0.6) is 0 Å². The van der Waals surface area contributed by atoms with Gasteiger partial charge in [0.1, 0.15) is 0 Å². The summed E-state index contributed by atoms with van der Waals surface area (Å²) in [6, 6.07) is 15.5. The zero-order valence-corrected chi connectivity index (χ0v) is 17.6. The van der Waals surface area contributed by atoms with Crippen LogP contribution in [0.3, 0.4) is 0 Å². The molecule has 150 valence electrons. The number of aromatic nitrogens is 4. The number of hydrogen-bond acceptors (Lipinski definition) is 6. The zero-order chi connectivity index (χ0) is 21.1. The molecule has 0 spiro atoms. The fourth-order valence-corrected chi connectivity index (χ4v) is 3.96. The Kier molecular flexibility index (Phi) is 5.98. The van der Waals surface area contributed by atoms with Crippen LogP contribution < -0.4 is 0 Å². The number of nitrogens with zero attached hydrogens (tertiary/aromatic N) is 5. The van der Waals surface area contributed by atoms with E-state index in [1.54, 1.807) is 36.7 Å². The lowest BCUT2D eigenvalue weighted by molar-refractivity contribution is -0.384. The van der Waals surface area contributed by atoms with Gasteiger partial charge in [0.15, 0.2) is 11.0 Å². The van der Waals surface area contributed by atoms with Gasteiger partial charge in [-0.1, -0.05) is 47.1 Å². The Hall–Kier alpha value is -2.94. The number of hydrogen-bond donors (Lipinski definition) is 0. The average molecular weight is 458 g/mol. The summed E-state index contributed by atoms with van der Waals surface area (Å²) in [5.74, 6) is 1.18. The predicted octanol–water partition coefficient (Wildman–Crippen LogP) is 5.84. The van der Waals surface area contributed by atoms with Crippen molar-refractivity contribution < 1.29 is 4.92 Å². The maximum absolute atomic E-state index is 10.8. The monoisotopic (exact) mass is 457 g/mol. The molecule has 0 aliphatic rings. The van der Waals surface area contributed by atoms with E-state index in [9.17, 15) is 10.1 Å². The molecular weight excluding hydrogens is 445 g/mol. The minimum absolute atomic E-state index is 0.0570. The van der Waals surface area contributed by atoms with Gasteiger partial charge in [-0.15, -0.1) is 10.2 Å². The molecule has 0 radical (unpaired) electrons. The van der Waals surface area contributed by atoms with Gasteiger partial charge in [-0.3, -0.25) is 19.7 Å². The van der Waals surface area contributed by atoms with Crippen molar-refractivity contribution >= 4 is 40.7 Å². The van der Waals surface area contributed by atoms with Crippen LogP contribution in [0.15, 0.2) is 72.1 Å². The average Bonchev–Trinajstić information content (AvgIpc) is 3.19. The first kappa shape index (κ1) is 20.3. The molecule has 0 bridgehead atoms. The van der Waals surface area contributed by atoms with Crippen LogP contribution in [0.1, 0.15) is 5.56 Å². The number of benzene rings is 2. The van der Waals surface area contributed by atoms with Gasteiger partial charge in [0.25, 0.3) is 5.69 Å². The van der Waals surface area contributed by atoms with Gasteiger partial charge in [-0.25, -0.2) is 0 Å². The first-order chi connectivity index (χ1) is 14.5. The van der Waals surface area contributed by atoms with E-state index in [1.165, 1.54) is 23.9 Å². The predicted molar refractivity (Wildman–Crippen MR) is 117 cm³/mol. The normalized spacial score (nSPS) is 10.9. The molecule has 0 amide bonds. The molecule has 0 atom stereocenters. The molecule has 0 saturated heterocycles. The van der Waals surface area contributed by atoms with Crippen molar-refractivity contribution in [2.24, 2.45) is 0 Å². The highest BCUT2D eigenvalue weighted by Gasteiger charge is 2.17. The van der Waals surface area contributed by atoms with E-state index in [1.807, 2.05) is 22.8 Å². The van der Waals surface area contributed by atoms with E-state index in [4.69, 9.17) is 23.2 Å². The van der Waals surface area contributed by atoms with E-state index >= 15 is 0 Å². The number of pyridine rings is 1. The Labute approximate surface area is 185 Å². The smallest absolute Gasteiger partial charge is 0.269 e. The van der Waals surface area contributed by atoms with Gasteiger partial charge in [0.05, 0.1) is 20.7 Å². The largest absolute Gasteiger partial charge is 0.270 e. The van der Waals surface area contributed by atoms with Crippen LogP contribution in [0.2, 0.25) is 10.0 Å². The van der Waals surface area contributed by atoms with Crippen LogP contribution >= 0.6 is 35.0 Å². The van der Waals surface area contributed by atoms with Gasteiger partial charge in [0.2, 0.25) is 0 Å². The van der Waals surface area contributed by atoms with E-state index in [-0.39, 0.29) is 5.69 Å². The SMILES string of the molecule is O=[N+]([O-])c1ccc(CSc2nnc(-c3cccnc3)n2-c2ccc(Cl)c(Cl)c2)cc1.